The molecule has 1 atom stereocenters. The van der Waals surface area contributed by atoms with Crippen LogP contribution in [0.25, 0.3) is 0 Å². The maximum Gasteiger partial charge on any atom is 0.237 e. The molecule has 0 saturated heterocycles. The van der Waals surface area contributed by atoms with Crippen LogP contribution >= 0.6 is 23.1 Å². The Morgan fingerprint density at radius 1 is 1.39 bits per heavy atom. The van der Waals surface area contributed by atoms with E-state index in [1.807, 2.05) is 0 Å². The van der Waals surface area contributed by atoms with Gasteiger partial charge in [-0.15, -0.1) is 10.2 Å². The van der Waals surface area contributed by atoms with Gasteiger partial charge in [-0.3, -0.25) is 4.79 Å². The van der Waals surface area contributed by atoms with Crippen LogP contribution in [0, 0.1) is 11.6 Å². The zero-order valence-electron chi connectivity index (χ0n) is 12.2. The molecular weight excluding hydrogens is 342 g/mol. The standard InChI is InChI=1S/C14H14F2N4OS2/c1-7(12(21)18-11-6-8(15)2-5-10(11)16)22-14-20-19-13(23-14)17-9-3-4-9/h2,5-7,9H,3-4H2,1H3,(H,17,19)(H,18,21)/t7-/m0/s1. The van der Waals surface area contributed by atoms with Crippen molar-refractivity contribution in [1.29, 1.82) is 0 Å². The first-order valence-corrected chi connectivity index (χ1v) is 8.73. The van der Waals surface area contributed by atoms with E-state index >= 15 is 0 Å². The van der Waals surface area contributed by atoms with Crippen LogP contribution < -0.4 is 10.6 Å². The Labute approximate surface area is 139 Å². The molecule has 1 aromatic carbocycles. The Hall–Kier alpha value is -1.74. The molecule has 1 aliphatic carbocycles. The van der Waals surface area contributed by atoms with Crippen molar-refractivity contribution < 1.29 is 13.6 Å². The number of halogens is 2. The smallest absolute Gasteiger partial charge is 0.237 e. The number of nitrogens with one attached hydrogen (secondary N) is 2. The molecule has 0 unspecified atom stereocenters. The summed E-state index contributed by atoms with van der Waals surface area (Å²) in [5.74, 6) is -1.71. The molecule has 1 heterocycles. The largest absolute Gasteiger partial charge is 0.357 e. The summed E-state index contributed by atoms with van der Waals surface area (Å²) in [5.41, 5.74) is -0.171. The fourth-order valence-electron chi connectivity index (χ4n) is 1.75. The number of anilines is 2. The second-order valence-electron chi connectivity index (χ2n) is 5.17. The summed E-state index contributed by atoms with van der Waals surface area (Å²) in [6.45, 7) is 1.67. The second-order valence-corrected chi connectivity index (χ2v) is 7.73. The van der Waals surface area contributed by atoms with Gasteiger partial charge in [0.05, 0.1) is 10.9 Å². The molecule has 2 N–H and O–H groups in total. The van der Waals surface area contributed by atoms with E-state index < -0.39 is 22.8 Å². The summed E-state index contributed by atoms with van der Waals surface area (Å²) in [5, 5.41) is 13.9. The topological polar surface area (TPSA) is 66.9 Å². The van der Waals surface area contributed by atoms with Gasteiger partial charge < -0.3 is 10.6 Å². The monoisotopic (exact) mass is 356 g/mol. The lowest BCUT2D eigenvalue weighted by Crippen LogP contribution is -2.23. The van der Waals surface area contributed by atoms with Crippen LogP contribution in [0.4, 0.5) is 19.6 Å². The number of carbonyl (C=O) groups is 1. The van der Waals surface area contributed by atoms with E-state index in [1.54, 1.807) is 6.92 Å². The van der Waals surface area contributed by atoms with Crippen LogP contribution in [0.5, 0.6) is 0 Å². The molecule has 1 fully saturated rings. The molecule has 122 valence electrons. The Bertz CT molecular complexity index is 721. The van der Waals surface area contributed by atoms with Crippen LogP contribution in [-0.2, 0) is 4.79 Å². The van der Waals surface area contributed by atoms with Gasteiger partial charge in [-0.1, -0.05) is 23.1 Å². The van der Waals surface area contributed by atoms with Crippen LogP contribution in [0.15, 0.2) is 22.5 Å². The number of thioether (sulfide) groups is 1. The number of nitrogens with zero attached hydrogens (tertiary/aromatic N) is 2. The van der Waals surface area contributed by atoms with Gasteiger partial charge in [-0.2, -0.15) is 0 Å². The Morgan fingerprint density at radius 3 is 2.91 bits per heavy atom. The highest BCUT2D eigenvalue weighted by Gasteiger charge is 2.23. The van der Waals surface area contributed by atoms with Crippen LogP contribution in [0.3, 0.4) is 0 Å². The van der Waals surface area contributed by atoms with E-state index in [4.69, 9.17) is 0 Å². The molecule has 9 heteroatoms. The third kappa shape index (κ3) is 4.38. The molecule has 1 saturated carbocycles. The predicted molar refractivity (Wildman–Crippen MR) is 86.9 cm³/mol. The number of hydrogen-bond acceptors (Lipinski definition) is 6. The first-order chi connectivity index (χ1) is 11.0. The van der Waals surface area contributed by atoms with E-state index in [0.717, 1.165) is 36.2 Å². The van der Waals surface area contributed by atoms with Crippen molar-refractivity contribution in [3.05, 3.63) is 29.8 Å². The average Bonchev–Trinajstić information content (AvgIpc) is 3.21. The molecule has 0 spiro atoms. The van der Waals surface area contributed by atoms with Crippen LogP contribution in [0.1, 0.15) is 19.8 Å². The van der Waals surface area contributed by atoms with E-state index in [-0.39, 0.29) is 5.69 Å². The van der Waals surface area contributed by atoms with Gasteiger partial charge in [0.2, 0.25) is 11.0 Å². The first-order valence-electron chi connectivity index (χ1n) is 7.04. The Balaban J connectivity index is 1.58. The van der Waals surface area contributed by atoms with Crippen molar-refractivity contribution in [2.24, 2.45) is 0 Å². The van der Waals surface area contributed by atoms with Crippen molar-refractivity contribution in [3.8, 4) is 0 Å². The van der Waals surface area contributed by atoms with Gasteiger partial charge in [0.1, 0.15) is 11.6 Å². The maximum atomic E-state index is 13.5. The molecule has 0 aliphatic heterocycles. The minimum atomic E-state index is -0.677. The molecule has 1 aromatic heterocycles. The maximum absolute atomic E-state index is 13.5. The lowest BCUT2D eigenvalue weighted by Gasteiger charge is -2.10. The highest BCUT2D eigenvalue weighted by molar-refractivity contribution is 8.02. The summed E-state index contributed by atoms with van der Waals surface area (Å²) in [6, 6.07) is 3.41. The van der Waals surface area contributed by atoms with Crippen molar-refractivity contribution in [3.63, 3.8) is 0 Å². The molecule has 23 heavy (non-hydrogen) atoms. The molecule has 5 nitrogen and oxygen atoms in total. The molecule has 0 radical (unpaired) electrons. The molecular formula is C14H14F2N4OS2. The Kier molecular flexibility index (Phi) is 4.76. The quantitative estimate of drug-likeness (QED) is 0.776. The van der Waals surface area contributed by atoms with Crippen molar-refractivity contribution in [1.82, 2.24) is 10.2 Å². The molecule has 2 aromatic rings. The number of aromatic nitrogens is 2. The number of rotatable bonds is 6. The summed E-state index contributed by atoms with van der Waals surface area (Å²) < 4.78 is 27.3. The molecule has 1 aliphatic rings. The van der Waals surface area contributed by atoms with E-state index in [0.29, 0.717) is 10.4 Å². The van der Waals surface area contributed by atoms with E-state index in [1.165, 1.54) is 23.1 Å². The summed E-state index contributed by atoms with van der Waals surface area (Å²) in [4.78, 5) is 12.1. The van der Waals surface area contributed by atoms with Gasteiger partial charge in [0.15, 0.2) is 4.34 Å². The number of amides is 1. The van der Waals surface area contributed by atoms with Gasteiger partial charge in [-0.25, -0.2) is 8.78 Å². The zero-order valence-corrected chi connectivity index (χ0v) is 13.8. The Morgan fingerprint density at radius 2 is 2.17 bits per heavy atom. The summed E-state index contributed by atoms with van der Waals surface area (Å²) >= 11 is 2.60. The molecule has 3 rings (SSSR count). The summed E-state index contributed by atoms with van der Waals surface area (Å²) in [6.07, 6.45) is 2.28. The second kappa shape index (κ2) is 6.79. The summed E-state index contributed by atoms with van der Waals surface area (Å²) in [7, 11) is 0. The minimum absolute atomic E-state index is 0.171. The van der Waals surface area contributed by atoms with E-state index in [9.17, 15) is 13.6 Å². The van der Waals surface area contributed by atoms with Gasteiger partial charge in [0, 0.05) is 12.1 Å². The van der Waals surface area contributed by atoms with Crippen LogP contribution in [-0.4, -0.2) is 27.4 Å². The van der Waals surface area contributed by atoms with Crippen LogP contribution in [0.2, 0.25) is 0 Å². The van der Waals surface area contributed by atoms with Crippen molar-refractivity contribution in [2.45, 2.75) is 35.4 Å². The fraction of sp³-hybridized carbons (Fsp3) is 0.357. The number of hydrogen-bond donors (Lipinski definition) is 2. The highest BCUT2D eigenvalue weighted by atomic mass is 32.2. The molecule has 1 amide bonds. The SMILES string of the molecule is C[C@H](Sc1nnc(NC2CC2)s1)C(=O)Nc1cc(F)ccc1F. The predicted octanol–water partition coefficient (Wildman–Crippen LogP) is 3.51. The third-order valence-electron chi connectivity index (χ3n) is 3.14. The van der Waals surface area contributed by atoms with Crippen molar-refractivity contribution >= 4 is 39.8 Å². The number of benzene rings is 1. The third-order valence-corrected chi connectivity index (χ3v) is 5.18. The number of carbonyl (C=O) groups excluding carboxylic acids is 1. The fourth-order valence-corrected chi connectivity index (χ4v) is 3.72. The van der Waals surface area contributed by atoms with Gasteiger partial charge >= 0.3 is 0 Å². The minimum Gasteiger partial charge on any atom is -0.357 e. The van der Waals surface area contributed by atoms with Crippen molar-refractivity contribution in [2.75, 3.05) is 10.6 Å². The zero-order chi connectivity index (χ0) is 16.4. The highest BCUT2D eigenvalue weighted by Crippen LogP contribution is 2.32. The van der Waals surface area contributed by atoms with Gasteiger partial charge in [-0.05, 0) is 31.9 Å². The van der Waals surface area contributed by atoms with E-state index in [2.05, 4.69) is 20.8 Å². The normalized spacial score (nSPS) is 15.3. The first kappa shape index (κ1) is 16.1. The average molecular weight is 356 g/mol. The molecule has 0 bridgehead atoms. The van der Waals surface area contributed by atoms with Gasteiger partial charge in [0.25, 0.3) is 0 Å². The lowest BCUT2D eigenvalue weighted by atomic mass is 10.3. The lowest BCUT2D eigenvalue weighted by molar-refractivity contribution is -0.115.